The summed E-state index contributed by atoms with van der Waals surface area (Å²) in [5, 5.41) is 1.13. The molecule has 74 valence electrons. The van der Waals surface area contributed by atoms with Gasteiger partial charge in [0.2, 0.25) is 0 Å². The van der Waals surface area contributed by atoms with Gasteiger partial charge >= 0.3 is 0 Å². The fourth-order valence-electron chi connectivity index (χ4n) is 0.888. The molecule has 1 aromatic rings. The highest BCUT2D eigenvalue weighted by Crippen LogP contribution is 2.05. The summed E-state index contributed by atoms with van der Waals surface area (Å²) >= 11 is 0. The van der Waals surface area contributed by atoms with Crippen LogP contribution in [0.25, 0.3) is 6.08 Å². The Morgan fingerprint density at radius 3 is 2.00 bits per heavy atom. The monoisotopic (exact) mass is 210 g/mol. The van der Waals surface area contributed by atoms with Crippen molar-refractivity contribution in [2.75, 3.05) is 6.26 Å². The minimum absolute atomic E-state index is 0.571. The molecule has 14 heavy (non-hydrogen) atoms. The van der Waals surface area contributed by atoms with Gasteiger partial charge in [0.05, 0.1) is 0 Å². The van der Waals surface area contributed by atoms with Crippen LogP contribution in [0.3, 0.4) is 0 Å². The molecule has 0 saturated carbocycles. The quantitative estimate of drug-likeness (QED) is 0.710. The molecule has 0 amide bonds. The largest absolute Gasteiger partial charge is 0.298 e. The number of sulfone groups is 1. The van der Waals surface area contributed by atoms with E-state index >= 15 is 0 Å². The maximum absolute atomic E-state index is 10.8. The molecule has 0 atom stereocenters. The van der Waals surface area contributed by atoms with Crippen molar-refractivity contribution < 1.29 is 13.2 Å². The van der Waals surface area contributed by atoms with Gasteiger partial charge in [-0.05, 0) is 11.6 Å². The van der Waals surface area contributed by atoms with Crippen molar-refractivity contribution in [3.8, 4) is 0 Å². The Morgan fingerprint density at radius 1 is 1.07 bits per heavy atom. The molecule has 0 aliphatic rings. The van der Waals surface area contributed by atoms with Crippen molar-refractivity contribution in [1.82, 2.24) is 0 Å². The number of hydrogen-bond donors (Lipinski definition) is 0. The van der Waals surface area contributed by atoms with E-state index in [0.29, 0.717) is 5.56 Å². The number of benzene rings is 1. The highest BCUT2D eigenvalue weighted by atomic mass is 32.2. The van der Waals surface area contributed by atoms with Crippen molar-refractivity contribution in [2.45, 2.75) is 0 Å². The predicted molar refractivity (Wildman–Crippen MR) is 55.7 cm³/mol. The van der Waals surface area contributed by atoms with E-state index in [9.17, 15) is 13.2 Å². The maximum Gasteiger partial charge on any atom is 0.168 e. The summed E-state index contributed by atoms with van der Waals surface area (Å²) in [4.78, 5) is 10.3. The zero-order valence-corrected chi connectivity index (χ0v) is 8.49. The summed E-state index contributed by atoms with van der Waals surface area (Å²) in [7, 11) is -3.09. The average Bonchev–Trinajstić information content (AvgIpc) is 2.14. The number of rotatable bonds is 3. The van der Waals surface area contributed by atoms with Crippen molar-refractivity contribution in [2.24, 2.45) is 0 Å². The van der Waals surface area contributed by atoms with Gasteiger partial charge in [0.25, 0.3) is 0 Å². The highest BCUT2D eigenvalue weighted by molar-refractivity contribution is 7.93. The fraction of sp³-hybridized carbons (Fsp3) is 0.100. The third kappa shape index (κ3) is 3.53. The smallest absolute Gasteiger partial charge is 0.168 e. The summed E-state index contributed by atoms with van der Waals surface area (Å²) < 4.78 is 21.6. The third-order valence-corrected chi connectivity index (χ3v) is 2.21. The van der Waals surface area contributed by atoms with Crippen LogP contribution in [0.15, 0.2) is 29.7 Å². The van der Waals surface area contributed by atoms with Crippen LogP contribution >= 0.6 is 0 Å². The maximum atomic E-state index is 10.8. The lowest BCUT2D eigenvalue weighted by Crippen LogP contribution is -1.87. The molecule has 4 heteroatoms. The summed E-state index contributed by atoms with van der Waals surface area (Å²) in [6.45, 7) is 0. The molecule has 0 radical (unpaired) electrons. The molecular formula is C10H10O3S. The van der Waals surface area contributed by atoms with Crippen molar-refractivity contribution >= 4 is 22.2 Å². The number of hydrogen-bond acceptors (Lipinski definition) is 3. The third-order valence-electron chi connectivity index (χ3n) is 1.58. The molecular weight excluding hydrogens is 200 g/mol. The van der Waals surface area contributed by atoms with Gasteiger partial charge in [0.15, 0.2) is 9.84 Å². The normalized spacial score (nSPS) is 11.8. The average molecular weight is 210 g/mol. The van der Waals surface area contributed by atoms with Crippen LogP contribution in [0.2, 0.25) is 0 Å². The van der Waals surface area contributed by atoms with E-state index in [1.165, 1.54) is 6.08 Å². The molecule has 0 bridgehead atoms. The predicted octanol–water partition coefficient (Wildman–Crippen LogP) is 1.51. The molecule has 0 fully saturated rings. The van der Waals surface area contributed by atoms with Crippen molar-refractivity contribution in [1.29, 1.82) is 0 Å². The van der Waals surface area contributed by atoms with Crippen LogP contribution in [-0.2, 0) is 9.84 Å². The van der Waals surface area contributed by atoms with E-state index in [4.69, 9.17) is 0 Å². The number of aldehydes is 1. The molecule has 0 saturated heterocycles. The van der Waals surface area contributed by atoms with E-state index in [1.807, 2.05) is 0 Å². The standard InChI is InChI=1S/C10H10O3S/c1-14(12,13)7-6-9-2-4-10(8-11)5-3-9/h2-8H,1H3. The topological polar surface area (TPSA) is 51.2 Å². The van der Waals surface area contributed by atoms with Gasteiger partial charge in [0, 0.05) is 17.2 Å². The SMILES string of the molecule is CS(=O)(=O)C=Cc1ccc(C=O)cc1. The van der Waals surface area contributed by atoms with E-state index in [-0.39, 0.29) is 0 Å². The lowest BCUT2D eigenvalue weighted by molar-refractivity contribution is 0.112. The summed E-state index contributed by atoms with van der Waals surface area (Å²) in [6.07, 6.45) is 3.36. The summed E-state index contributed by atoms with van der Waals surface area (Å²) in [6, 6.07) is 6.64. The lowest BCUT2D eigenvalue weighted by Gasteiger charge is -1.93. The van der Waals surface area contributed by atoms with Gasteiger partial charge in [-0.15, -0.1) is 0 Å². The van der Waals surface area contributed by atoms with Crippen LogP contribution in [-0.4, -0.2) is 21.0 Å². The first-order valence-electron chi connectivity index (χ1n) is 3.95. The first-order chi connectivity index (χ1) is 6.51. The molecule has 0 unspecified atom stereocenters. The van der Waals surface area contributed by atoms with Crippen LogP contribution in [0.1, 0.15) is 15.9 Å². The fourth-order valence-corrected chi connectivity index (χ4v) is 1.29. The van der Waals surface area contributed by atoms with Crippen LogP contribution in [0.4, 0.5) is 0 Å². The molecule has 0 N–H and O–H groups in total. The minimum Gasteiger partial charge on any atom is -0.298 e. The van der Waals surface area contributed by atoms with Gasteiger partial charge in [-0.25, -0.2) is 8.42 Å². The second-order valence-corrected chi connectivity index (χ2v) is 4.85. The Kier molecular flexibility index (Phi) is 3.19. The Labute approximate surface area is 83.0 Å². The first kappa shape index (κ1) is 10.7. The molecule has 1 rings (SSSR count). The van der Waals surface area contributed by atoms with Gasteiger partial charge in [-0.3, -0.25) is 4.79 Å². The zero-order valence-electron chi connectivity index (χ0n) is 7.67. The van der Waals surface area contributed by atoms with E-state index in [2.05, 4.69) is 0 Å². The van der Waals surface area contributed by atoms with E-state index in [0.717, 1.165) is 23.5 Å². The second kappa shape index (κ2) is 4.19. The van der Waals surface area contributed by atoms with Crippen LogP contribution in [0, 0.1) is 0 Å². The molecule has 0 heterocycles. The van der Waals surface area contributed by atoms with Gasteiger partial charge in [-0.2, -0.15) is 0 Å². The Morgan fingerprint density at radius 2 is 1.57 bits per heavy atom. The van der Waals surface area contributed by atoms with E-state index in [1.54, 1.807) is 24.3 Å². The van der Waals surface area contributed by atoms with Crippen molar-refractivity contribution in [3.63, 3.8) is 0 Å². The van der Waals surface area contributed by atoms with Crippen LogP contribution in [0.5, 0.6) is 0 Å². The van der Waals surface area contributed by atoms with Crippen molar-refractivity contribution in [3.05, 3.63) is 40.8 Å². The van der Waals surface area contributed by atoms with E-state index < -0.39 is 9.84 Å². The number of carbonyl (C=O) groups is 1. The molecule has 0 spiro atoms. The second-order valence-electron chi connectivity index (χ2n) is 2.92. The lowest BCUT2D eigenvalue weighted by atomic mass is 10.1. The highest BCUT2D eigenvalue weighted by Gasteiger charge is 1.94. The van der Waals surface area contributed by atoms with Gasteiger partial charge in [-0.1, -0.05) is 24.3 Å². The Hall–Kier alpha value is -1.42. The number of carbonyl (C=O) groups excluding carboxylic acids is 1. The van der Waals surface area contributed by atoms with Gasteiger partial charge < -0.3 is 0 Å². The Bertz CT molecular complexity index is 441. The minimum atomic E-state index is -3.09. The molecule has 0 aromatic heterocycles. The Balaban J connectivity index is 2.89. The first-order valence-corrected chi connectivity index (χ1v) is 5.90. The summed E-state index contributed by atoms with van der Waals surface area (Å²) in [5.74, 6) is 0. The molecule has 1 aromatic carbocycles. The molecule has 3 nitrogen and oxygen atoms in total. The van der Waals surface area contributed by atoms with Crippen LogP contribution < -0.4 is 0 Å². The summed E-state index contributed by atoms with van der Waals surface area (Å²) in [5.41, 5.74) is 1.32. The molecule has 0 aliphatic heterocycles. The molecule has 0 aliphatic carbocycles. The zero-order chi connectivity index (χ0) is 10.6. The van der Waals surface area contributed by atoms with Gasteiger partial charge in [0.1, 0.15) is 6.29 Å².